The molecule has 1 aromatic rings. The Kier molecular flexibility index (Phi) is 6.16. The van der Waals surface area contributed by atoms with Crippen molar-refractivity contribution in [3.63, 3.8) is 0 Å². The maximum atomic E-state index is 5.69. The van der Waals surface area contributed by atoms with Crippen molar-refractivity contribution < 1.29 is 4.74 Å². The summed E-state index contributed by atoms with van der Waals surface area (Å²) in [5.74, 6) is 0.408. The molecule has 15 heavy (non-hydrogen) atoms. The molecule has 86 valence electrons. The molecule has 0 fully saturated rings. The van der Waals surface area contributed by atoms with Crippen LogP contribution in [0.4, 0.5) is 0 Å². The minimum Gasteiger partial charge on any atom is -0.474 e. The highest BCUT2D eigenvalue weighted by Gasteiger charge is 2.04. The Morgan fingerprint density at radius 1 is 1.13 bits per heavy atom. The first kappa shape index (κ1) is 12.3. The molecular formula is C10H18ClN3O. The number of unbranched alkanes of at least 4 members (excludes halogenated alkanes) is 5. The molecule has 1 rings (SSSR count). The SMILES string of the molecule is CCCCCCCCOc1n[nH]nc1Cl. The van der Waals surface area contributed by atoms with Gasteiger partial charge in [0.15, 0.2) is 0 Å². The van der Waals surface area contributed by atoms with Gasteiger partial charge >= 0.3 is 0 Å². The van der Waals surface area contributed by atoms with Crippen molar-refractivity contribution in [2.45, 2.75) is 45.4 Å². The second kappa shape index (κ2) is 7.51. The van der Waals surface area contributed by atoms with E-state index in [-0.39, 0.29) is 0 Å². The fourth-order valence-electron chi connectivity index (χ4n) is 1.35. The summed E-state index contributed by atoms with van der Waals surface area (Å²) >= 11 is 5.69. The van der Waals surface area contributed by atoms with Crippen LogP contribution in [0.25, 0.3) is 0 Å². The van der Waals surface area contributed by atoms with Crippen LogP contribution in [0.15, 0.2) is 0 Å². The Morgan fingerprint density at radius 2 is 1.87 bits per heavy atom. The van der Waals surface area contributed by atoms with E-state index in [1.54, 1.807) is 0 Å². The molecule has 0 aliphatic carbocycles. The zero-order valence-electron chi connectivity index (χ0n) is 9.13. The Balaban J connectivity index is 1.96. The minimum atomic E-state index is 0.306. The molecule has 0 atom stereocenters. The number of H-pyrrole nitrogens is 1. The van der Waals surface area contributed by atoms with Gasteiger partial charge in [-0.1, -0.05) is 50.6 Å². The van der Waals surface area contributed by atoms with Crippen LogP contribution in [0, 0.1) is 0 Å². The predicted octanol–water partition coefficient (Wildman–Crippen LogP) is 3.20. The lowest BCUT2D eigenvalue weighted by atomic mass is 10.1. The molecule has 0 unspecified atom stereocenters. The van der Waals surface area contributed by atoms with Crippen molar-refractivity contribution in [3.8, 4) is 5.88 Å². The quantitative estimate of drug-likeness (QED) is 0.699. The lowest BCUT2D eigenvalue weighted by molar-refractivity contribution is 0.293. The largest absolute Gasteiger partial charge is 0.474 e. The Labute approximate surface area is 95.4 Å². The van der Waals surface area contributed by atoms with Gasteiger partial charge in [0, 0.05) is 0 Å². The van der Waals surface area contributed by atoms with Crippen molar-refractivity contribution in [1.29, 1.82) is 0 Å². The highest BCUT2D eigenvalue weighted by atomic mass is 35.5. The number of hydrogen-bond acceptors (Lipinski definition) is 3. The van der Waals surface area contributed by atoms with Gasteiger partial charge in [-0.25, -0.2) is 0 Å². The summed E-state index contributed by atoms with van der Waals surface area (Å²) in [4.78, 5) is 0. The van der Waals surface area contributed by atoms with Crippen molar-refractivity contribution in [2.24, 2.45) is 0 Å². The third-order valence-corrected chi connectivity index (χ3v) is 2.46. The van der Waals surface area contributed by atoms with E-state index >= 15 is 0 Å². The predicted molar refractivity (Wildman–Crippen MR) is 60.3 cm³/mol. The number of nitrogens with zero attached hydrogens (tertiary/aromatic N) is 2. The number of nitrogens with one attached hydrogen (secondary N) is 1. The van der Waals surface area contributed by atoms with Gasteiger partial charge in [0.25, 0.3) is 5.88 Å². The minimum absolute atomic E-state index is 0.306. The second-order valence-electron chi connectivity index (χ2n) is 3.54. The van der Waals surface area contributed by atoms with E-state index in [1.165, 1.54) is 32.1 Å². The fraction of sp³-hybridized carbons (Fsp3) is 0.800. The number of aromatic amines is 1. The molecule has 1 N–H and O–H groups in total. The summed E-state index contributed by atoms with van der Waals surface area (Å²) in [5.41, 5.74) is 0. The van der Waals surface area contributed by atoms with Crippen LogP contribution in [0.3, 0.4) is 0 Å². The van der Waals surface area contributed by atoms with E-state index in [4.69, 9.17) is 16.3 Å². The Bertz CT molecular complexity index is 265. The van der Waals surface area contributed by atoms with Gasteiger partial charge in [-0.05, 0) is 6.42 Å². The Hall–Kier alpha value is -0.770. The highest BCUT2D eigenvalue weighted by molar-refractivity contribution is 6.30. The van der Waals surface area contributed by atoms with Crippen LogP contribution in [0.2, 0.25) is 5.15 Å². The van der Waals surface area contributed by atoms with Gasteiger partial charge in [-0.15, -0.1) is 10.2 Å². The molecule has 0 aliphatic rings. The molecule has 0 amide bonds. The van der Waals surface area contributed by atoms with E-state index in [0.29, 0.717) is 17.6 Å². The summed E-state index contributed by atoms with van der Waals surface area (Å²) in [6.45, 7) is 2.88. The highest BCUT2D eigenvalue weighted by Crippen LogP contribution is 2.16. The number of aromatic nitrogens is 3. The van der Waals surface area contributed by atoms with E-state index in [0.717, 1.165) is 6.42 Å². The lowest BCUT2D eigenvalue weighted by Gasteiger charge is -2.02. The summed E-state index contributed by atoms with van der Waals surface area (Å²) < 4.78 is 5.35. The number of hydrogen-bond donors (Lipinski definition) is 1. The van der Waals surface area contributed by atoms with Crippen LogP contribution in [0.5, 0.6) is 5.88 Å². The summed E-state index contributed by atoms with van der Waals surface area (Å²) in [5, 5.41) is 10.1. The van der Waals surface area contributed by atoms with Crippen molar-refractivity contribution in [2.75, 3.05) is 6.61 Å². The lowest BCUT2D eigenvalue weighted by Crippen LogP contribution is -1.98. The fourth-order valence-corrected chi connectivity index (χ4v) is 1.49. The average molecular weight is 232 g/mol. The third-order valence-electron chi connectivity index (χ3n) is 2.21. The van der Waals surface area contributed by atoms with E-state index in [2.05, 4.69) is 22.3 Å². The average Bonchev–Trinajstić information content (AvgIpc) is 2.63. The zero-order valence-corrected chi connectivity index (χ0v) is 9.89. The summed E-state index contributed by atoms with van der Waals surface area (Å²) in [7, 11) is 0. The maximum Gasteiger partial charge on any atom is 0.272 e. The molecular weight excluding hydrogens is 214 g/mol. The number of halogens is 1. The van der Waals surface area contributed by atoms with Gasteiger partial charge < -0.3 is 4.74 Å². The molecule has 0 aromatic carbocycles. The summed E-state index contributed by atoms with van der Waals surface area (Å²) in [6, 6.07) is 0. The van der Waals surface area contributed by atoms with Gasteiger partial charge in [0.05, 0.1) is 6.61 Å². The third kappa shape index (κ3) is 5.02. The smallest absolute Gasteiger partial charge is 0.272 e. The molecule has 1 heterocycles. The topological polar surface area (TPSA) is 50.8 Å². The first-order valence-corrected chi connectivity index (χ1v) is 5.91. The van der Waals surface area contributed by atoms with E-state index < -0.39 is 0 Å². The molecule has 0 saturated heterocycles. The van der Waals surface area contributed by atoms with Crippen molar-refractivity contribution >= 4 is 11.6 Å². The molecule has 0 bridgehead atoms. The second-order valence-corrected chi connectivity index (χ2v) is 3.89. The molecule has 1 aromatic heterocycles. The van der Waals surface area contributed by atoms with Crippen molar-refractivity contribution in [1.82, 2.24) is 15.4 Å². The number of rotatable bonds is 8. The molecule has 4 nitrogen and oxygen atoms in total. The van der Waals surface area contributed by atoms with Crippen molar-refractivity contribution in [3.05, 3.63) is 5.15 Å². The molecule has 0 radical (unpaired) electrons. The normalized spacial score (nSPS) is 10.5. The molecule has 0 spiro atoms. The molecule has 0 aliphatic heterocycles. The van der Waals surface area contributed by atoms with E-state index in [9.17, 15) is 0 Å². The van der Waals surface area contributed by atoms with Crippen LogP contribution in [-0.4, -0.2) is 22.0 Å². The van der Waals surface area contributed by atoms with E-state index in [1.807, 2.05) is 0 Å². The van der Waals surface area contributed by atoms with Gasteiger partial charge in [0.1, 0.15) is 0 Å². The van der Waals surface area contributed by atoms with Gasteiger partial charge in [-0.2, -0.15) is 5.21 Å². The van der Waals surface area contributed by atoms with Crippen LogP contribution < -0.4 is 4.74 Å². The van der Waals surface area contributed by atoms with Crippen LogP contribution >= 0.6 is 11.6 Å². The van der Waals surface area contributed by atoms with Crippen LogP contribution in [-0.2, 0) is 0 Å². The molecule has 5 heteroatoms. The first-order chi connectivity index (χ1) is 7.34. The monoisotopic (exact) mass is 231 g/mol. The molecule has 0 saturated carbocycles. The van der Waals surface area contributed by atoms with Gasteiger partial charge in [0.2, 0.25) is 5.15 Å². The summed E-state index contributed by atoms with van der Waals surface area (Å²) in [6.07, 6.45) is 7.47. The number of ether oxygens (including phenoxy) is 1. The maximum absolute atomic E-state index is 5.69. The zero-order chi connectivity index (χ0) is 10.9. The first-order valence-electron chi connectivity index (χ1n) is 5.53. The van der Waals surface area contributed by atoms with Crippen LogP contribution in [0.1, 0.15) is 45.4 Å². The Morgan fingerprint density at radius 3 is 2.53 bits per heavy atom. The van der Waals surface area contributed by atoms with Gasteiger partial charge in [-0.3, -0.25) is 0 Å². The standard InChI is InChI=1S/C10H18ClN3O/c1-2-3-4-5-6-7-8-15-10-9(11)12-14-13-10/h2-8H2,1H3,(H,12,13,14).